The van der Waals surface area contributed by atoms with Crippen LogP contribution in [-0.2, 0) is 13.0 Å². The summed E-state index contributed by atoms with van der Waals surface area (Å²) in [5.41, 5.74) is 2.88. The van der Waals surface area contributed by atoms with Crippen LogP contribution >= 0.6 is 22.9 Å². The lowest BCUT2D eigenvalue weighted by atomic mass is 9.89. The minimum absolute atomic E-state index is 0.513. The molecule has 1 aliphatic rings. The van der Waals surface area contributed by atoms with E-state index in [0.717, 1.165) is 51.1 Å². The Morgan fingerprint density at radius 2 is 2.15 bits per heavy atom. The lowest BCUT2D eigenvalue weighted by molar-refractivity contribution is 0.305. The quantitative estimate of drug-likeness (QED) is 0.670. The molecule has 3 nitrogen and oxygen atoms in total. The van der Waals surface area contributed by atoms with Gasteiger partial charge in [-0.3, -0.25) is 0 Å². The number of hydrogen-bond donors (Lipinski definition) is 1. The second kappa shape index (κ2) is 5.85. The summed E-state index contributed by atoms with van der Waals surface area (Å²) < 4.78 is 6.68. The Morgan fingerprint density at radius 3 is 2.90 bits per heavy atom. The molecule has 0 fully saturated rings. The van der Waals surface area contributed by atoms with E-state index < -0.39 is 0 Å². The molecule has 1 heterocycles. The van der Waals surface area contributed by atoms with Crippen molar-refractivity contribution >= 4 is 28.6 Å². The van der Waals surface area contributed by atoms with Crippen molar-refractivity contribution in [1.29, 1.82) is 0 Å². The molecule has 0 amide bonds. The Balaban J connectivity index is 1.83. The summed E-state index contributed by atoms with van der Waals surface area (Å²) in [6.07, 6.45) is 2.75. The van der Waals surface area contributed by atoms with Gasteiger partial charge in [0.05, 0.1) is 10.0 Å². The van der Waals surface area contributed by atoms with Gasteiger partial charge >= 0.3 is 0 Å². The molecule has 20 heavy (non-hydrogen) atoms. The molecule has 104 valence electrons. The van der Waals surface area contributed by atoms with Crippen LogP contribution in [0.4, 0.5) is 0 Å². The lowest BCUT2D eigenvalue weighted by Crippen LogP contribution is -2.13. The molecule has 0 atom stereocenters. The van der Waals surface area contributed by atoms with Crippen LogP contribution in [0.2, 0.25) is 4.34 Å². The van der Waals surface area contributed by atoms with Gasteiger partial charge in [-0.15, -0.1) is 11.3 Å². The van der Waals surface area contributed by atoms with Crippen molar-refractivity contribution in [3.63, 3.8) is 0 Å². The van der Waals surface area contributed by atoms with Gasteiger partial charge in [0.1, 0.15) is 12.4 Å². The summed E-state index contributed by atoms with van der Waals surface area (Å²) in [5.74, 6) is 0.868. The molecule has 0 bridgehead atoms. The van der Waals surface area contributed by atoms with Gasteiger partial charge in [0.15, 0.2) is 0 Å². The van der Waals surface area contributed by atoms with Crippen molar-refractivity contribution in [2.24, 2.45) is 5.16 Å². The summed E-state index contributed by atoms with van der Waals surface area (Å²) >= 11 is 7.44. The highest BCUT2D eigenvalue weighted by Crippen LogP contribution is 2.31. The maximum Gasteiger partial charge on any atom is 0.123 e. The molecule has 0 aliphatic heterocycles. The third-order valence-corrected chi connectivity index (χ3v) is 4.61. The molecule has 0 saturated heterocycles. The van der Waals surface area contributed by atoms with E-state index in [0.29, 0.717) is 6.61 Å². The Morgan fingerprint density at radius 1 is 1.25 bits per heavy atom. The number of thiophene rings is 1. The molecule has 5 heteroatoms. The van der Waals surface area contributed by atoms with Crippen molar-refractivity contribution in [1.82, 2.24) is 0 Å². The SMILES string of the molecule is ON=C1CCCc2c(OCc3ccc(Cl)s3)cccc21. The molecule has 1 aromatic carbocycles. The predicted octanol–water partition coefficient (Wildman–Crippen LogP) is 4.50. The van der Waals surface area contributed by atoms with E-state index >= 15 is 0 Å². The maximum absolute atomic E-state index is 9.07. The van der Waals surface area contributed by atoms with E-state index in [9.17, 15) is 0 Å². The average Bonchev–Trinajstić information content (AvgIpc) is 2.90. The zero-order chi connectivity index (χ0) is 13.9. The number of benzene rings is 1. The molecule has 0 unspecified atom stereocenters. The van der Waals surface area contributed by atoms with E-state index in [1.165, 1.54) is 11.3 Å². The molecule has 1 aliphatic carbocycles. The van der Waals surface area contributed by atoms with Crippen molar-refractivity contribution in [2.45, 2.75) is 25.9 Å². The first-order valence-corrected chi connectivity index (χ1v) is 7.67. The van der Waals surface area contributed by atoms with E-state index in [1.54, 1.807) is 0 Å². The van der Waals surface area contributed by atoms with Crippen LogP contribution in [0.3, 0.4) is 0 Å². The molecule has 0 radical (unpaired) electrons. The van der Waals surface area contributed by atoms with Crippen molar-refractivity contribution in [3.05, 3.63) is 50.7 Å². The van der Waals surface area contributed by atoms with Crippen molar-refractivity contribution < 1.29 is 9.94 Å². The number of fused-ring (bicyclic) bond motifs is 1. The van der Waals surface area contributed by atoms with Gasteiger partial charge in [-0.05, 0) is 37.5 Å². The van der Waals surface area contributed by atoms with Gasteiger partial charge in [-0.1, -0.05) is 28.9 Å². The molecule has 0 saturated carbocycles. The van der Waals surface area contributed by atoms with Crippen molar-refractivity contribution in [2.75, 3.05) is 0 Å². The summed E-state index contributed by atoms with van der Waals surface area (Å²) in [7, 11) is 0. The van der Waals surface area contributed by atoms with Crippen LogP contribution in [0.15, 0.2) is 35.5 Å². The minimum atomic E-state index is 0.513. The van der Waals surface area contributed by atoms with Crippen molar-refractivity contribution in [3.8, 4) is 5.75 Å². The van der Waals surface area contributed by atoms with Gasteiger partial charge in [-0.25, -0.2) is 0 Å². The fourth-order valence-corrected chi connectivity index (χ4v) is 3.48. The summed E-state index contributed by atoms with van der Waals surface area (Å²) in [6.45, 7) is 0.513. The number of halogens is 1. The van der Waals surface area contributed by atoms with Gasteiger partial charge in [-0.2, -0.15) is 0 Å². The maximum atomic E-state index is 9.07. The Hall–Kier alpha value is -1.52. The van der Waals surface area contributed by atoms with Crippen LogP contribution in [0.1, 0.15) is 28.8 Å². The predicted molar refractivity (Wildman–Crippen MR) is 81.4 cm³/mol. The van der Waals surface area contributed by atoms with E-state index in [4.69, 9.17) is 21.5 Å². The Bertz CT molecular complexity index is 651. The summed E-state index contributed by atoms with van der Waals surface area (Å²) in [4.78, 5) is 1.10. The zero-order valence-corrected chi connectivity index (χ0v) is 12.4. The van der Waals surface area contributed by atoms with Crippen LogP contribution < -0.4 is 4.74 Å². The Labute approximate surface area is 126 Å². The average molecular weight is 308 g/mol. The van der Waals surface area contributed by atoms with E-state index in [-0.39, 0.29) is 0 Å². The van der Waals surface area contributed by atoms with E-state index in [2.05, 4.69) is 5.16 Å². The molecular weight excluding hydrogens is 294 g/mol. The zero-order valence-electron chi connectivity index (χ0n) is 10.8. The fraction of sp³-hybridized carbons (Fsp3) is 0.267. The van der Waals surface area contributed by atoms with Crippen LogP contribution in [0, 0.1) is 0 Å². The third-order valence-electron chi connectivity index (χ3n) is 3.40. The van der Waals surface area contributed by atoms with Gasteiger partial charge in [0, 0.05) is 16.0 Å². The van der Waals surface area contributed by atoms with Crippen LogP contribution in [-0.4, -0.2) is 10.9 Å². The van der Waals surface area contributed by atoms with E-state index in [1.807, 2.05) is 30.3 Å². The molecule has 1 aromatic heterocycles. The number of ether oxygens (including phenoxy) is 1. The number of nitrogens with zero attached hydrogens (tertiary/aromatic N) is 1. The summed E-state index contributed by atoms with van der Waals surface area (Å²) in [5, 5.41) is 12.5. The lowest BCUT2D eigenvalue weighted by Gasteiger charge is -2.20. The topological polar surface area (TPSA) is 41.8 Å². The minimum Gasteiger partial charge on any atom is -0.488 e. The smallest absolute Gasteiger partial charge is 0.123 e. The van der Waals surface area contributed by atoms with Gasteiger partial charge in [0.2, 0.25) is 0 Å². The third kappa shape index (κ3) is 2.67. The van der Waals surface area contributed by atoms with Gasteiger partial charge in [0.25, 0.3) is 0 Å². The second-order valence-electron chi connectivity index (χ2n) is 4.68. The second-order valence-corrected chi connectivity index (χ2v) is 6.48. The Kier molecular flexibility index (Phi) is 3.94. The monoisotopic (exact) mass is 307 g/mol. The first-order valence-electron chi connectivity index (χ1n) is 6.48. The normalized spacial score (nSPS) is 16.1. The molecular formula is C15H14ClNO2S. The summed E-state index contributed by atoms with van der Waals surface area (Å²) in [6, 6.07) is 9.74. The molecule has 0 spiro atoms. The fourth-order valence-electron chi connectivity index (χ4n) is 2.48. The first kappa shape index (κ1) is 13.5. The van der Waals surface area contributed by atoms with Crippen LogP contribution in [0.5, 0.6) is 5.75 Å². The highest BCUT2D eigenvalue weighted by Gasteiger charge is 2.19. The van der Waals surface area contributed by atoms with Crippen LogP contribution in [0.25, 0.3) is 0 Å². The van der Waals surface area contributed by atoms with Gasteiger partial charge < -0.3 is 9.94 Å². The first-order chi connectivity index (χ1) is 9.78. The number of hydrogen-bond acceptors (Lipinski definition) is 4. The molecule has 1 N–H and O–H groups in total. The highest BCUT2D eigenvalue weighted by molar-refractivity contribution is 7.16. The highest BCUT2D eigenvalue weighted by atomic mass is 35.5. The number of oxime groups is 1. The standard InChI is InChI=1S/C15H14ClNO2S/c16-15-8-7-10(20-15)9-19-14-6-2-3-11-12(14)4-1-5-13(11)17-18/h2-3,6-8,18H,1,4-5,9H2. The largest absolute Gasteiger partial charge is 0.488 e. The molecule has 2 aromatic rings. The molecule has 3 rings (SSSR count). The number of rotatable bonds is 3.